The normalized spacial score (nSPS) is 22.0. The molecule has 0 aromatic carbocycles. The van der Waals surface area contributed by atoms with E-state index in [1.165, 1.54) is 109 Å². The maximum absolute atomic E-state index is 14.1. The summed E-state index contributed by atoms with van der Waals surface area (Å²) in [6, 6.07) is 0. The zero-order valence-electron chi connectivity index (χ0n) is 51.1. The Morgan fingerprint density at radius 1 is 0.545 bits per heavy atom. The fourth-order valence-electron chi connectivity index (χ4n) is 11.7. The molecule has 1 saturated carbocycles. The topological polar surface area (TPSA) is 110 Å². The Balaban J connectivity index is 2.05. The molecule has 7 nitrogen and oxygen atoms in total. The fourth-order valence-corrected chi connectivity index (χ4v) is 11.7. The lowest BCUT2D eigenvalue weighted by Gasteiger charge is -2.46. The first-order chi connectivity index (χ1) is 36.7. The minimum Gasteiger partial charge on any atom is -0.393 e. The van der Waals surface area contributed by atoms with E-state index in [1.54, 1.807) is 6.08 Å². The maximum Gasteiger partial charge on any atom is 0.359 e. The van der Waals surface area contributed by atoms with Crippen LogP contribution < -0.4 is 0 Å². The number of carbonyl (C=O) groups is 3. The number of hydrogen-bond acceptors (Lipinski definition) is 7. The molecule has 77 heavy (non-hydrogen) atoms. The van der Waals surface area contributed by atoms with Crippen LogP contribution in [-0.2, 0) is 24.2 Å². The first-order valence-electron chi connectivity index (χ1n) is 30.8. The molecular weight excluding hydrogens is 953 g/mol. The summed E-state index contributed by atoms with van der Waals surface area (Å²) in [5.41, 5.74) is 5.11. The summed E-state index contributed by atoms with van der Waals surface area (Å²) in [6.45, 7) is 25.1. The summed E-state index contributed by atoms with van der Waals surface area (Å²) in [7, 11) is 0. The number of aliphatic hydroxyl groups excluding tert-OH is 2. The molecule has 2 N–H and O–H groups in total. The molecule has 2 unspecified atom stereocenters. The van der Waals surface area contributed by atoms with Crippen LogP contribution in [0, 0.1) is 28.1 Å². The largest absolute Gasteiger partial charge is 0.393 e. The lowest BCUT2D eigenvalue weighted by atomic mass is 9.59. The molecule has 0 bridgehead atoms. The molecule has 5 atom stereocenters. The van der Waals surface area contributed by atoms with E-state index in [4.69, 9.17) is 9.78 Å². The van der Waals surface area contributed by atoms with Crippen molar-refractivity contribution in [3.63, 3.8) is 0 Å². The van der Waals surface area contributed by atoms with Crippen molar-refractivity contribution in [1.82, 2.24) is 0 Å². The molecule has 0 spiro atoms. The van der Waals surface area contributed by atoms with E-state index < -0.39 is 46.8 Å². The van der Waals surface area contributed by atoms with Crippen molar-refractivity contribution in [2.75, 3.05) is 0 Å². The van der Waals surface area contributed by atoms with E-state index in [2.05, 4.69) is 112 Å². The Labute approximate surface area is 471 Å². The van der Waals surface area contributed by atoms with Gasteiger partial charge in [0.1, 0.15) is 0 Å². The van der Waals surface area contributed by atoms with Crippen molar-refractivity contribution in [2.24, 2.45) is 28.1 Å². The lowest BCUT2D eigenvalue weighted by molar-refractivity contribution is -0.265. The van der Waals surface area contributed by atoms with Crippen LogP contribution in [0.5, 0.6) is 0 Å². The van der Waals surface area contributed by atoms with Crippen LogP contribution in [0.3, 0.4) is 0 Å². The summed E-state index contributed by atoms with van der Waals surface area (Å²) < 4.78 is 0. The third-order valence-corrected chi connectivity index (χ3v) is 16.9. The molecule has 7 heteroatoms. The number of allylic oxidation sites excluding steroid dienone is 19. The fraction of sp³-hybridized carbons (Fsp3) is 0.671. The van der Waals surface area contributed by atoms with Crippen molar-refractivity contribution in [2.45, 2.75) is 275 Å². The van der Waals surface area contributed by atoms with Crippen molar-refractivity contribution >= 4 is 17.7 Å². The zero-order valence-corrected chi connectivity index (χ0v) is 51.1. The average molecular weight is 1070 g/mol. The molecule has 0 aromatic rings. The molecule has 2 aliphatic rings. The minimum absolute atomic E-state index is 0.0692. The summed E-state index contributed by atoms with van der Waals surface area (Å²) >= 11 is 0. The van der Waals surface area contributed by atoms with E-state index >= 15 is 0 Å². The van der Waals surface area contributed by atoms with Gasteiger partial charge in [-0.3, -0.25) is 4.79 Å². The zero-order chi connectivity index (χ0) is 57.1. The van der Waals surface area contributed by atoms with E-state index in [-0.39, 0.29) is 17.6 Å². The highest BCUT2D eigenvalue weighted by atomic mass is 17.2. The van der Waals surface area contributed by atoms with Crippen LogP contribution in [0.2, 0.25) is 0 Å². The number of hydrogen-bond donors (Lipinski definition) is 2. The van der Waals surface area contributed by atoms with Crippen molar-refractivity contribution in [3.05, 3.63) is 119 Å². The first-order valence-corrected chi connectivity index (χ1v) is 30.8. The lowest BCUT2D eigenvalue weighted by Crippen LogP contribution is -2.47. The number of carbonyl (C=O) groups excluding carboxylic acids is 3. The van der Waals surface area contributed by atoms with Gasteiger partial charge in [0.05, 0.1) is 24.5 Å². The van der Waals surface area contributed by atoms with Gasteiger partial charge in [0.25, 0.3) is 0 Å². The third kappa shape index (κ3) is 27.1. The molecule has 0 aromatic heterocycles. The van der Waals surface area contributed by atoms with Crippen molar-refractivity contribution in [1.29, 1.82) is 0 Å². The van der Waals surface area contributed by atoms with Gasteiger partial charge in [-0.05, 0) is 89.2 Å². The van der Waals surface area contributed by atoms with Crippen molar-refractivity contribution in [3.8, 4) is 0 Å². The SMILES string of the molecule is CCCCCCCCCCCCCCC(C(=O)OOC(=O)CCCCCCCCCCCCC)C1[C@H](O)CC(C)=C(/C=C/C(C)=C/C=C/C(C)=C/C=C/C=C(C)/C=C/C=C(C)/C=C/C(=O)[C@]2(C)C[C@@H](O)CC2(C)C)C1(C)C. The van der Waals surface area contributed by atoms with Crippen LogP contribution in [-0.4, -0.2) is 40.1 Å². The Morgan fingerprint density at radius 3 is 1.44 bits per heavy atom. The molecule has 0 radical (unpaired) electrons. The highest BCUT2D eigenvalue weighted by molar-refractivity contribution is 5.96. The molecule has 1 fully saturated rings. The van der Waals surface area contributed by atoms with Gasteiger partial charge in [-0.15, -0.1) is 0 Å². The van der Waals surface area contributed by atoms with Crippen LogP contribution in [0.15, 0.2) is 119 Å². The Kier molecular flexibility index (Phi) is 34.5. The van der Waals surface area contributed by atoms with Gasteiger partial charge in [-0.2, -0.15) is 0 Å². The van der Waals surface area contributed by atoms with Crippen LogP contribution >= 0.6 is 0 Å². The average Bonchev–Trinajstić information content (AvgIpc) is 3.60. The highest BCUT2D eigenvalue weighted by Gasteiger charge is 2.53. The van der Waals surface area contributed by atoms with Gasteiger partial charge < -0.3 is 10.2 Å². The molecule has 0 heterocycles. The van der Waals surface area contributed by atoms with E-state index in [0.29, 0.717) is 25.7 Å². The molecule has 2 rings (SSSR count). The maximum atomic E-state index is 14.1. The molecule has 0 aliphatic heterocycles. The summed E-state index contributed by atoms with van der Waals surface area (Å²) in [6.07, 6.45) is 57.2. The highest BCUT2D eigenvalue weighted by Crippen LogP contribution is 2.53. The molecule has 434 valence electrons. The predicted octanol–water partition coefficient (Wildman–Crippen LogP) is 19.4. The second kappa shape index (κ2) is 38.5. The Bertz CT molecular complexity index is 2060. The van der Waals surface area contributed by atoms with Gasteiger partial charge in [-0.1, -0.05) is 297 Å². The second-order valence-electron chi connectivity index (χ2n) is 24.7. The summed E-state index contributed by atoms with van der Waals surface area (Å²) in [5.74, 6) is -2.03. The van der Waals surface area contributed by atoms with E-state index in [9.17, 15) is 24.6 Å². The van der Waals surface area contributed by atoms with Crippen molar-refractivity contribution < 1.29 is 34.4 Å². The van der Waals surface area contributed by atoms with Gasteiger partial charge in [0, 0.05) is 11.3 Å². The van der Waals surface area contributed by atoms with Gasteiger partial charge in [0.2, 0.25) is 0 Å². The van der Waals surface area contributed by atoms with Crippen LogP contribution in [0.25, 0.3) is 0 Å². The van der Waals surface area contributed by atoms with Gasteiger partial charge >= 0.3 is 11.9 Å². The Morgan fingerprint density at radius 2 is 0.974 bits per heavy atom. The van der Waals surface area contributed by atoms with Gasteiger partial charge in [0.15, 0.2) is 5.78 Å². The number of unbranched alkanes of at least 4 members (excludes halogenated alkanes) is 21. The summed E-state index contributed by atoms with van der Waals surface area (Å²) in [4.78, 5) is 50.6. The number of ketones is 1. The molecule has 2 aliphatic carbocycles. The van der Waals surface area contributed by atoms with E-state index in [0.717, 1.165) is 72.0 Å². The Hall–Kier alpha value is -4.07. The number of aliphatic hydroxyl groups is 2. The van der Waals surface area contributed by atoms with Crippen LogP contribution in [0.4, 0.5) is 0 Å². The quantitative estimate of drug-likeness (QED) is 0.0208. The van der Waals surface area contributed by atoms with Gasteiger partial charge in [-0.25, -0.2) is 19.4 Å². The molecular formula is C70H112O7. The van der Waals surface area contributed by atoms with Crippen LogP contribution in [0.1, 0.15) is 263 Å². The molecule has 0 amide bonds. The second-order valence-corrected chi connectivity index (χ2v) is 24.7. The number of rotatable bonds is 38. The standard InChI is InChI=1S/C70H112O7/c1-13-15-17-19-21-23-25-27-28-30-32-34-46-61(67(75)77-76-65(74)47-35-33-31-29-26-24-22-20-18-16-14-2)66-63(72)52-59(7)62(69(66,10)11)50-48-57(5)44-38-42-55(3)40-36-37-41-56(4)43-39-45-58(6)49-51-64(73)70(12)54-60(71)53-68(70,8)9/h36-45,48-51,60-61,63,66,71-72H,13-35,46-47,52-54H2,1-12H3/b37-36+,42-38+,43-39+,50-48+,51-49+,55-40+,56-41+,57-44+,58-45+/t60-,61?,63+,66?,70-/m0/s1. The first kappa shape index (κ1) is 69.0. The monoisotopic (exact) mass is 1060 g/mol. The molecule has 0 saturated heterocycles. The smallest absolute Gasteiger partial charge is 0.359 e. The third-order valence-electron chi connectivity index (χ3n) is 16.9. The summed E-state index contributed by atoms with van der Waals surface area (Å²) in [5, 5.41) is 22.0. The minimum atomic E-state index is -0.738. The predicted molar refractivity (Wildman–Crippen MR) is 326 cm³/mol. The van der Waals surface area contributed by atoms with E-state index in [1.807, 2.05) is 50.3 Å².